The maximum Gasteiger partial charge on any atom is 0.185 e. The molecule has 0 saturated carbocycles. The monoisotopic (exact) mass is 299 g/mol. The van der Waals surface area contributed by atoms with Crippen molar-refractivity contribution in [1.82, 2.24) is 15.0 Å². The minimum Gasteiger partial charge on any atom is -0.364 e. The van der Waals surface area contributed by atoms with E-state index in [1.54, 1.807) is 11.3 Å². The highest BCUT2D eigenvalue weighted by atomic mass is 32.1. The molecule has 0 atom stereocenters. The van der Waals surface area contributed by atoms with Gasteiger partial charge in [0.1, 0.15) is 11.5 Å². The number of aromatic amines is 1. The first kappa shape index (κ1) is 12.6. The van der Waals surface area contributed by atoms with E-state index in [4.69, 9.17) is 4.98 Å². The van der Waals surface area contributed by atoms with E-state index in [1.165, 1.54) is 12.8 Å². The van der Waals surface area contributed by atoms with Crippen LogP contribution in [0.15, 0.2) is 29.8 Å². The SMILES string of the molecule is c1cc2ccc(NCc3csc(N4CCCC4)n3)nc2[nH]1. The Bertz CT molecular complexity index is 741. The van der Waals surface area contributed by atoms with Crippen LogP contribution in [0.5, 0.6) is 0 Å². The number of rotatable bonds is 4. The van der Waals surface area contributed by atoms with Crippen molar-refractivity contribution < 1.29 is 0 Å². The molecule has 0 bridgehead atoms. The van der Waals surface area contributed by atoms with Gasteiger partial charge in [0.25, 0.3) is 0 Å². The van der Waals surface area contributed by atoms with Gasteiger partial charge in [0.2, 0.25) is 0 Å². The fourth-order valence-corrected chi connectivity index (χ4v) is 3.52. The van der Waals surface area contributed by atoms with E-state index >= 15 is 0 Å². The number of fused-ring (bicyclic) bond motifs is 1. The Balaban J connectivity index is 1.43. The summed E-state index contributed by atoms with van der Waals surface area (Å²) < 4.78 is 0. The zero-order valence-electron chi connectivity index (χ0n) is 11.7. The van der Waals surface area contributed by atoms with Gasteiger partial charge in [0.15, 0.2) is 5.13 Å². The van der Waals surface area contributed by atoms with Crippen LogP contribution in [0, 0.1) is 0 Å². The Kier molecular flexibility index (Phi) is 3.23. The first-order valence-corrected chi connectivity index (χ1v) is 8.14. The van der Waals surface area contributed by atoms with Gasteiger partial charge < -0.3 is 15.2 Å². The smallest absolute Gasteiger partial charge is 0.185 e. The fraction of sp³-hybridized carbons (Fsp3) is 0.333. The van der Waals surface area contributed by atoms with Gasteiger partial charge in [-0.3, -0.25) is 0 Å². The van der Waals surface area contributed by atoms with Crippen LogP contribution in [-0.4, -0.2) is 28.0 Å². The third-order valence-corrected chi connectivity index (χ3v) is 4.73. The van der Waals surface area contributed by atoms with Gasteiger partial charge in [-0.15, -0.1) is 11.3 Å². The lowest BCUT2D eigenvalue weighted by Gasteiger charge is -2.12. The third kappa shape index (κ3) is 2.58. The third-order valence-electron chi connectivity index (χ3n) is 3.78. The molecule has 6 heteroatoms. The molecule has 0 unspecified atom stereocenters. The molecular weight excluding hydrogens is 282 g/mol. The zero-order valence-corrected chi connectivity index (χ0v) is 12.5. The predicted octanol–water partition coefficient (Wildman–Crippen LogP) is 3.23. The zero-order chi connectivity index (χ0) is 14.1. The van der Waals surface area contributed by atoms with Gasteiger partial charge in [-0.25, -0.2) is 9.97 Å². The van der Waals surface area contributed by atoms with Crippen LogP contribution in [0.25, 0.3) is 11.0 Å². The second-order valence-corrected chi connectivity index (χ2v) is 6.12. The number of thiazole rings is 1. The Labute approximate surface area is 127 Å². The van der Waals surface area contributed by atoms with E-state index in [9.17, 15) is 0 Å². The quantitative estimate of drug-likeness (QED) is 0.776. The van der Waals surface area contributed by atoms with Crippen LogP contribution in [0.3, 0.4) is 0 Å². The number of nitrogens with one attached hydrogen (secondary N) is 2. The number of hydrogen-bond acceptors (Lipinski definition) is 5. The molecule has 5 nitrogen and oxygen atoms in total. The molecule has 4 heterocycles. The average molecular weight is 299 g/mol. The Morgan fingerprint density at radius 1 is 1.19 bits per heavy atom. The summed E-state index contributed by atoms with van der Waals surface area (Å²) in [5.41, 5.74) is 1.99. The largest absolute Gasteiger partial charge is 0.364 e. The van der Waals surface area contributed by atoms with Crippen molar-refractivity contribution in [3.63, 3.8) is 0 Å². The molecule has 108 valence electrons. The van der Waals surface area contributed by atoms with Gasteiger partial charge in [-0.05, 0) is 31.0 Å². The second-order valence-electron chi connectivity index (χ2n) is 5.28. The summed E-state index contributed by atoms with van der Waals surface area (Å²) in [4.78, 5) is 14.7. The van der Waals surface area contributed by atoms with Gasteiger partial charge in [-0.1, -0.05) is 0 Å². The maximum atomic E-state index is 4.71. The number of H-pyrrole nitrogens is 1. The van der Waals surface area contributed by atoms with Crippen molar-refractivity contribution in [2.24, 2.45) is 0 Å². The molecular formula is C15H17N5S. The Morgan fingerprint density at radius 3 is 3.00 bits per heavy atom. The van der Waals surface area contributed by atoms with Crippen LogP contribution in [0.2, 0.25) is 0 Å². The first-order chi connectivity index (χ1) is 10.4. The van der Waals surface area contributed by atoms with Crippen LogP contribution in [-0.2, 0) is 6.54 Å². The molecule has 1 aliphatic rings. The molecule has 21 heavy (non-hydrogen) atoms. The molecule has 0 aliphatic carbocycles. The van der Waals surface area contributed by atoms with Crippen LogP contribution < -0.4 is 10.2 Å². The molecule has 2 N–H and O–H groups in total. The summed E-state index contributed by atoms with van der Waals surface area (Å²) in [6, 6.07) is 6.09. The highest BCUT2D eigenvalue weighted by Gasteiger charge is 2.15. The lowest BCUT2D eigenvalue weighted by molar-refractivity contribution is 0.941. The lowest BCUT2D eigenvalue weighted by Crippen LogP contribution is -2.17. The van der Waals surface area contributed by atoms with Crippen molar-refractivity contribution in [2.45, 2.75) is 19.4 Å². The molecule has 3 aromatic heterocycles. The summed E-state index contributed by atoms with van der Waals surface area (Å²) in [6.07, 6.45) is 4.48. The number of aromatic nitrogens is 3. The van der Waals surface area contributed by atoms with E-state index in [1.807, 2.05) is 18.3 Å². The topological polar surface area (TPSA) is 56.8 Å². The van der Waals surface area contributed by atoms with E-state index in [2.05, 4.69) is 31.6 Å². The van der Waals surface area contributed by atoms with Crippen molar-refractivity contribution >= 4 is 33.3 Å². The van der Waals surface area contributed by atoms with Crippen LogP contribution in [0.1, 0.15) is 18.5 Å². The van der Waals surface area contributed by atoms with Crippen molar-refractivity contribution in [2.75, 3.05) is 23.3 Å². The second kappa shape index (κ2) is 5.37. The Hall–Kier alpha value is -2.08. The molecule has 0 amide bonds. The van der Waals surface area contributed by atoms with E-state index in [0.717, 1.165) is 40.8 Å². The fourth-order valence-electron chi connectivity index (χ4n) is 2.64. The highest BCUT2D eigenvalue weighted by molar-refractivity contribution is 7.13. The summed E-state index contributed by atoms with van der Waals surface area (Å²) in [7, 11) is 0. The molecule has 0 aromatic carbocycles. The van der Waals surface area contributed by atoms with Gasteiger partial charge in [0, 0.05) is 30.1 Å². The minimum atomic E-state index is 0.712. The van der Waals surface area contributed by atoms with Gasteiger partial charge in [0.05, 0.1) is 12.2 Å². The first-order valence-electron chi connectivity index (χ1n) is 7.26. The summed E-state index contributed by atoms with van der Waals surface area (Å²) in [5.74, 6) is 0.876. The minimum absolute atomic E-state index is 0.712. The van der Waals surface area contributed by atoms with E-state index in [0.29, 0.717) is 6.54 Å². The number of hydrogen-bond donors (Lipinski definition) is 2. The molecule has 1 aliphatic heterocycles. The lowest BCUT2D eigenvalue weighted by atomic mass is 10.3. The summed E-state index contributed by atoms with van der Waals surface area (Å²) >= 11 is 1.73. The number of nitrogens with zero attached hydrogens (tertiary/aromatic N) is 3. The molecule has 4 rings (SSSR count). The standard InChI is InChI=1S/C15H17N5S/c1-2-8-20(7-1)15-18-12(10-21-15)9-17-13-4-3-11-5-6-16-14(11)19-13/h3-6,10H,1-2,7-9H2,(H2,16,17,19). The van der Waals surface area contributed by atoms with E-state index in [-0.39, 0.29) is 0 Å². The number of pyridine rings is 1. The van der Waals surface area contributed by atoms with Crippen molar-refractivity contribution in [3.05, 3.63) is 35.5 Å². The van der Waals surface area contributed by atoms with Crippen molar-refractivity contribution in [1.29, 1.82) is 0 Å². The Morgan fingerprint density at radius 2 is 2.10 bits per heavy atom. The highest BCUT2D eigenvalue weighted by Crippen LogP contribution is 2.24. The maximum absolute atomic E-state index is 4.71. The molecule has 1 fully saturated rings. The molecule has 3 aromatic rings. The van der Waals surface area contributed by atoms with Crippen molar-refractivity contribution in [3.8, 4) is 0 Å². The van der Waals surface area contributed by atoms with E-state index < -0.39 is 0 Å². The summed E-state index contributed by atoms with van der Waals surface area (Å²) in [6.45, 7) is 3.00. The number of anilines is 2. The normalized spacial score (nSPS) is 15.0. The molecule has 0 spiro atoms. The van der Waals surface area contributed by atoms with Gasteiger partial charge >= 0.3 is 0 Å². The predicted molar refractivity (Wildman–Crippen MR) is 87.0 cm³/mol. The molecule has 0 radical (unpaired) electrons. The van der Waals surface area contributed by atoms with Crippen LogP contribution >= 0.6 is 11.3 Å². The molecule has 1 saturated heterocycles. The van der Waals surface area contributed by atoms with Crippen LogP contribution in [0.4, 0.5) is 10.9 Å². The average Bonchev–Trinajstić information content (AvgIpc) is 3.24. The van der Waals surface area contributed by atoms with Gasteiger partial charge in [-0.2, -0.15) is 0 Å². The summed E-state index contributed by atoms with van der Waals surface area (Å²) in [5, 5.41) is 7.75.